The normalized spacial score (nSPS) is 14.4. The summed E-state index contributed by atoms with van der Waals surface area (Å²) in [5.41, 5.74) is 1.57. The van der Waals surface area contributed by atoms with Crippen LogP contribution in [0.1, 0.15) is 11.1 Å². The molecule has 1 fully saturated rings. The number of methoxy groups -OCH3 is 1. The van der Waals surface area contributed by atoms with Gasteiger partial charge >= 0.3 is 0 Å². The molecule has 10 heteroatoms. The highest BCUT2D eigenvalue weighted by Crippen LogP contribution is 2.39. The second kappa shape index (κ2) is 12.1. The van der Waals surface area contributed by atoms with E-state index in [9.17, 15) is 9.59 Å². The summed E-state index contributed by atoms with van der Waals surface area (Å²) < 4.78 is 18.0. The summed E-state index contributed by atoms with van der Waals surface area (Å²) in [6, 6.07) is 18.0. The molecule has 36 heavy (non-hydrogen) atoms. The van der Waals surface area contributed by atoms with Gasteiger partial charge in [-0.25, -0.2) is 0 Å². The first-order chi connectivity index (χ1) is 17.3. The number of hydrogen-bond donors (Lipinski definition) is 0. The quantitative estimate of drug-likeness (QED) is 0.235. The number of nitrogens with zero attached hydrogens (tertiary/aromatic N) is 1. The van der Waals surface area contributed by atoms with Crippen LogP contribution in [-0.4, -0.2) is 36.3 Å². The van der Waals surface area contributed by atoms with E-state index in [4.69, 9.17) is 37.4 Å². The second-order valence-electron chi connectivity index (χ2n) is 7.58. The van der Waals surface area contributed by atoms with Crippen molar-refractivity contribution in [2.45, 2.75) is 6.61 Å². The van der Waals surface area contributed by atoms with Crippen molar-refractivity contribution in [2.75, 3.05) is 20.3 Å². The smallest absolute Gasteiger partial charge is 0.293 e. The minimum atomic E-state index is -0.393. The van der Waals surface area contributed by atoms with Gasteiger partial charge in [-0.05, 0) is 77.5 Å². The van der Waals surface area contributed by atoms with E-state index < -0.39 is 5.91 Å². The van der Waals surface area contributed by atoms with Crippen LogP contribution in [0.2, 0.25) is 10.0 Å². The number of thioether (sulfide) groups is 1. The molecule has 0 aliphatic carbocycles. The molecule has 1 heterocycles. The summed E-state index contributed by atoms with van der Waals surface area (Å²) in [4.78, 5) is 26.7. The highest BCUT2D eigenvalue weighted by Gasteiger charge is 2.35. The average Bonchev–Trinajstić information content (AvgIpc) is 3.12. The molecule has 0 bridgehead atoms. The van der Waals surface area contributed by atoms with Crippen molar-refractivity contribution >= 4 is 68.1 Å². The Labute approximate surface area is 231 Å². The number of benzene rings is 3. The topological polar surface area (TPSA) is 65.1 Å². The van der Waals surface area contributed by atoms with Crippen molar-refractivity contribution in [1.29, 1.82) is 0 Å². The molecular weight excluding hydrogens is 589 g/mol. The van der Waals surface area contributed by atoms with Crippen LogP contribution in [0, 0.1) is 0 Å². The third kappa shape index (κ3) is 6.56. The number of rotatable bonds is 9. The van der Waals surface area contributed by atoms with Gasteiger partial charge in [0.1, 0.15) is 19.0 Å². The number of imide groups is 1. The lowest BCUT2D eigenvalue weighted by Gasteiger charge is -2.14. The molecule has 1 saturated heterocycles. The third-order valence-electron chi connectivity index (χ3n) is 5.12. The maximum absolute atomic E-state index is 12.8. The molecule has 186 valence electrons. The lowest BCUT2D eigenvalue weighted by molar-refractivity contribution is -0.123. The molecule has 3 aromatic carbocycles. The van der Waals surface area contributed by atoms with Crippen molar-refractivity contribution in [2.24, 2.45) is 0 Å². The maximum Gasteiger partial charge on any atom is 0.293 e. The summed E-state index contributed by atoms with van der Waals surface area (Å²) in [5.74, 6) is 1.02. The minimum Gasteiger partial charge on any atom is -0.493 e. The van der Waals surface area contributed by atoms with Crippen LogP contribution < -0.4 is 14.2 Å². The van der Waals surface area contributed by atoms with Crippen LogP contribution in [0.4, 0.5) is 4.79 Å². The largest absolute Gasteiger partial charge is 0.493 e. The number of halogens is 3. The van der Waals surface area contributed by atoms with E-state index in [-0.39, 0.29) is 23.3 Å². The van der Waals surface area contributed by atoms with Crippen LogP contribution >= 0.6 is 50.9 Å². The molecule has 1 aliphatic heterocycles. The third-order valence-corrected chi connectivity index (χ3v) is 7.09. The zero-order chi connectivity index (χ0) is 25.7. The van der Waals surface area contributed by atoms with E-state index >= 15 is 0 Å². The van der Waals surface area contributed by atoms with Crippen molar-refractivity contribution in [3.05, 3.63) is 91.2 Å². The van der Waals surface area contributed by atoms with Crippen LogP contribution in [0.25, 0.3) is 6.08 Å². The number of carbonyl (C=O) groups is 2. The number of amides is 2. The van der Waals surface area contributed by atoms with Crippen molar-refractivity contribution < 1.29 is 23.8 Å². The number of ether oxygens (including phenoxy) is 3. The summed E-state index contributed by atoms with van der Waals surface area (Å²) >= 11 is 16.6. The Morgan fingerprint density at radius 2 is 1.72 bits per heavy atom. The van der Waals surface area contributed by atoms with E-state index in [1.807, 2.05) is 24.3 Å². The predicted octanol–water partition coefficient (Wildman–Crippen LogP) is 7.46. The Kier molecular flexibility index (Phi) is 8.85. The Bertz CT molecular complexity index is 1300. The Hall–Kier alpha value is -2.65. The fraction of sp³-hybridized carbons (Fsp3) is 0.154. The van der Waals surface area contributed by atoms with Crippen molar-refractivity contribution in [1.82, 2.24) is 4.90 Å². The molecule has 3 aromatic rings. The van der Waals surface area contributed by atoms with E-state index in [2.05, 4.69) is 15.9 Å². The first-order valence-electron chi connectivity index (χ1n) is 10.7. The van der Waals surface area contributed by atoms with E-state index in [1.165, 1.54) is 7.11 Å². The van der Waals surface area contributed by atoms with Gasteiger partial charge in [0.05, 0.1) is 23.6 Å². The van der Waals surface area contributed by atoms with Gasteiger partial charge in [-0.2, -0.15) is 0 Å². The predicted molar refractivity (Wildman–Crippen MR) is 146 cm³/mol. The maximum atomic E-state index is 12.8. The van der Waals surface area contributed by atoms with Crippen molar-refractivity contribution in [3.63, 3.8) is 0 Å². The molecule has 0 N–H and O–H groups in total. The monoisotopic (exact) mass is 607 g/mol. The van der Waals surface area contributed by atoms with Gasteiger partial charge in [0.25, 0.3) is 11.1 Å². The number of hydrogen-bond acceptors (Lipinski definition) is 6. The van der Waals surface area contributed by atoms with E-state index in [0.717, 1.165) is 26.7 Å². The first-order valence-corrected chi connectivity index (χ1v) is 13.1. The Morgan fingerprint density at radius 1 is 1.00 bits per heavy atom. The number of carbonyl (C=O) groups excluding carboxylic acids is 2. The van der Waals surface area contributed by atoms with Gasteiger partial charge in [0, 0.05) is 9.50 Å². The molecule has 0 radical (unpaired) electrons. The van der Waals surface area contributed by atoms with Crippen LogP contribution in [0.3, 0.4) is 0 Å². The Balaban J connectivity index is 1.43. The van der Waals surface area contributed by atoms with Gasteiger partial charge in [0.2, 0.25) is 0 Å². The molecule has 0 unspecified atom stereocenters. The lowest BCUT2D eigenvalue weighted by Crippen LogP contribution is -2.32. The SMILES string of the molecule is COc1cc(/C=C2\SC(=O)N(CCOc3ccc(Cl)cc3)C2=O)cc(Cl)c1OCc1ccc(Br)cc1. The standard InChI is InChI=1S/C26H20BrCl2NO5S/c1-33-22-13-17(12-21(29)24(22)35-15-16-2-4-18(27)5-3-16)14-23-25(31)30(26(32)36-23)10-11-34-20-8-6-19(28)7-9-20/h2-9,12-14H,10-11,15H2,1H3/b23-14-. The summed E-state index contributed by atoms with van der Waals surface area (Å²) in [5, 5.41) is 0.561. The fourth-order valence-electron chi connectivity index (χ4n) is 3.33. The molecule has 0 spiro atoms. The summed E-state index contributed by atoms with van der Waals surface area (Å²) in [6.07, 6.45) is 1.61. The highest BCUT2D eigenvalue weighted by atomic mass is 79.9. The van der Waals surface area contributed by atoms with Crippen molar-refractivity contribution in [3.8, 4) is 17.2 Å². The summed E-state index contributed by atoms with van der Waals surface area (Å²) in [7, 11) is 1.51. The molecule has 2 amide bonds. The zero-order valence-corrected chi connectivity index (χ0v) is 22.9. The van der Waals surface area contributed by atoms with Gasteiger partial charge < -0.3 is 14.2 Å². The van der Waals surface area contributed by atoms with Crippen LogP contribution in [0.5, 0.6) is 17.2 Å². The van der Waals surface area contributed by atoms with E-state index in [1.54, 1.807) is 42.5 Å². The molecule has 0 atom stereocenters. The minimum absolute atomic E-state index is 0.123. The molecular formula is C26H20BrCl2NO5S. The molecule has 4 rings (SSSR count). The molecule has 6 nitrogen and oxygen atoms in total. The highest BCUT2D eigenvalue weighted by molar-refractivity contribution is 9.10. The van der Waals surface area contributed by atoms with Gasteiger partial charge in [-0.15, -0.1) is 0 Å². The average molecular weight is 609 g/mol. The second-order valence-corrected chi connectivity index (χ2v) is 10.3. The zero-order valence-electron chi connectivity index (χ0n) is 19.0. The lowest BCUT2D eigenvalue weighted by atomic mass is 10.1. The van der Waals surface area contributed by atoms with Gasteiger partial charge in [-0.3, -0.25) is 14.5 Å². The Morgan fingerprint density at radius 3 is 2.42 bits per heavy atom. The fourth-order valence-corrected chi connectivity index (χ4v) is 4.86. The van der Waals surface area contributed by atoms with Gasteiger partial charge in [-0.1, -0.05) is 51.3 Å². The molecule has 0 saturated carbocycles. The summed E-state index contributed by atoms with van der Waals surface area (Å²) in [6.45, 7) is 0.592. The van der Waals surface area contributed by atoms with E-state index in [0.29, 0.717) is 39.5 Å². The first kappa shape index (κ1) is 26.4. The molecule has 0 aromatic heterocycles. The van der Waals surface area contributed by atoms with Crippen LogP contribution in [0.15, 0.2) is 70.0 Å². The molecule has 1 aliphatic rings. The van der Waals surface area contributed by atoms with Gasteiger partial charge in [0.15, 0.2) is 11.5 Å². The van der Waals surface area contributed by atoms with Crippen LogP contribution in [-0.2, 0) is 11.4 Å².